The van der Waals surface area contributed by atoms with Crippen molar-refractivity contribution in [2.24, 2.45) is 5.84 Å². The fourth-order valence-electron chi connectivity index (χ4n) is 1.92. The van der Waals surface area contributed by atoms with Crippen LogP contribution in [0.2, 0.25) is 0 Å². The first-order chi connectivity index (χ1) is 9.61. The van der Waals surface area contributed by atoms with Crippen LogP contribution in [-0.2, 0) is 0 Å². The number of hydrogen-bond donors (Lipinski definition) is 2. The van der Waals surface area contributed by atoms with Crippen molar-refractivity contribution in [2.75, 3.05) is 0 Å². The third-order valence-electron chi connectivity index (χ3n) is 2.72. The Hall–Kier alpha value is -2.05. The van der Waals surface area contributed by atoms with Gasteiger partial charge in [0.15, 0.2) is 0 Å². The highest BCUT2D eigenvalue weighted by Crippen LogP contribution is 2.25. The third-order valence-corrected chi connectivity index (χ3v) is 2.72. The van der Waals surface area contributed by atoms with Crippen LogP contribution in [0.15, 0.2) is 36.9 Å². The lowest BCUT2D eigenvalue weighted by atomic mass is 10.0. The maximum absolute atomic E-state index is 13.8. The normalized spacial score (nSPS) is 12.4. The summed E-state index contributed by atoms with van der Waals surface area (Å²) in [7, 11) is 0. The van der Waals surface area contributed by atoms with E-state index in [1.54, 1.807) is 24.5 Å². The van der Waals surface area contributed by atoms with Crippen molar-refractivity contribution < 1.29 is 9.13 Å². The van der Waals surface area contributed by atoms with Crippen LogP contribution in [0.4, 0.5) is 4.39 Å². The predicted octanol–water partition coefficient (Wildman–Crippen LogP) is 1.96. The molecule has 5 nitrogen and oxygen atoms in total. The van der Waals surface area contributed by atoms with Crippen molar-refractivity contribution in [2.45, 2.75) is 26.0 Å². The number of aromatic nitrogens is 2. The fourth-order valence-corrected chi connectivity index (χ4v) is 1.92. The molecule has 1 unspecified atom stereocenters. The van der Waals surface area contributed by atoms with Crippen LogP contribution in [0, 0.1) is 5.82 Å². The van der Waals surface area contributed by atoms with Gasteiger partial charge in [-0.15, -0.1) is 0 Å². The summed E-state index contributed by atoms with van der Waals surface area (Å²) < 4.78 is 19.4. The van der Waals surface area contributed by atoms with Crippen LogP contribution < -0.4 is 16.0 Å². The molecule has 2 heterocycles. The van der Waals surface area contributed by atoms with Crippen molar-refractivity contribution >= 4 is 0 Å². The molecule has 2 aromatic rings. The van der Waals surface area contributed by atoms with Gasteiger partial charge in [0.25, 0.3) is 0 Å². The first kappa shape index (κ1) is 14.4. The number of ether oxygens (including phenoxy) is 1. The Morgan fingerprint density at radius 1 is 1.25 bits per heavy atom. The maximum Gasteiger partial charge on any atom is 0.146 e. The van der Waals surface area contributed by atoms with Gasteiger partial charge in [0.05, 0.1) is 24.5 Å². The molecule has 0 radical (unpaired) electrons. The van der Waals surface area contributed by atoms with Crippen LogP contribution in [0.5, 0.6) is 5.75 Å². The van der Waals surface area contributed by atoms with E-state index in [1.807, 2.05) is 13.8 Å². The SMILES string of the molecule is CC(C)Oc1cncc(C(NN)c2ccncc2F)c1. The number of nitrogens with two attached hydrogens (primary N) is 1. The van der Waals surface area contributed by atoms with Crippen LogP contribution in [0.1, 0.15) is 31.0 Å². The summed E-state index contributed by atoms with van der Waals surface area (Å²) in [6.45, 7) is 3.85. The molecule has 0 aliphatic rings. The molecule has 0 aliphatic carbocycles. The van der Waals surface area contributed by atoms with Crippen molar-refractivity contribution in [1.29, 1.82) is 0 Å². The van der Waals surface area contributed by atoms with Gasteiger partial charge in [-0.25, -0.2) is 9.82 Å². The number of pyridine rings is 2. The summed E-state index contributed by atoms with van der Waals surface area (Å²) in [6.07, 6.45) is 5.94. The summed E-state index contributed by atoms with van der Waals surface area (Å²) in [5, 5.41) is 0. The fraction of sp³-hybridized carbons (Fsp3) is 0.286. The first-order valence-electron chi connectivity index (χ1n) is 6.29. The molecule has 0 fully saturated rings. The number of halogens is 1. The molecule has 20 heavy (non-hydrogen) atoms. The second-order valence-electron chi connectivity index (χ2n) is 4.62. The highest BCUT2D eigenvalue weighted by atomic mass is 19.1. The minimum Gasteiger partial charge on any atom is -0.489 e. The van der Waals surface area contributed by atoms with Crippen LogP contribution in [0.3, 0.4) is 0 Å². The van der Waals surface area contributed by atoms with E-state index in [0.29, 0.717) is 11.3 Å². The van der Waals surface area contributed by atoms with Gasteiger partial charge in [0.1, 0.15) is 11.6 Å². The molecular weight excluding hydrogens is 259 g/mol. The zero-order chi connectivity index (χ0) is 14.5. The summed E-state index contributed by atoms with van der Waals surface area (Å²) in [5.74, 6) is 5.74. The summed E-state index contributed by atoms with van der Waals surface area (Å²) in [4.78, 5) is 7.83. The molecule has 0 amide bonds. The first-order valence-corrected chi connectivity index (χ1v) is 6.29. The van der Waals surface area contributed by atoms with E-state index in [1.165, 1.54) is 6.20 Å². The number of hydrazine groups is 1. The van der Waals surface area contributed by atoms with Crippen LogP contribution >= 0.6 is 0 Å². The number of rotatable bonds is 5. The van der Waals surface area contributed by atoms with Gasteiger partial charge in [-0.05, 0) is 31.5 Å². The smallest absolute Gasteiger partial charge is 0.146 e. The van der Waals surface area contributed by atoms with Gasteiger partial charge in [-0.2, -0.15) is 0 Å². The summed E-state index contributed by atoms with van der Waals surface area (Å²) in [6, 6.07) is 2.86. The molecule has 0 spiro atoms. The van der Waals surface area contributed by atoms with Crippen molar-refractivity contribution in [1.82, 2.24) is 15.4 Å². The van der Waals surface area contributed by atoms with E-state index >= 15 is 0 Å². The average molecular weight is 276 g/mol. The van der Waals surface area contributed by atoms with E-state index in [0.717, 1.165) is 11.8 Å². The lowest BCUT2D eigenvalue weighted by molar-refractivity contribution is 0.241. The lowest BCUT2D eigenvalue weighted by Gasteiger charge is -2.18. The Bertz CT molecular complexity index is 577. The Labute approximate surface area is 117 Å². The molecular formula is C14H17FN4O. The molecule has 0 aromatic carbocycles. The largest absolute Gasteiger partial charge is 0.489 e. The molecule has 0 aliphatic heterocycles. The van der Waals surface area contributed by atoms with Gasteiger partial charge in [0, 0.05) is 18.0 Å². The number of nitrogens with one attached hydrogen (secondary N) is 1. The Kier molecular flexibility index (Phi) is 4.60. The molecule has 0 saturated heterocycles. The Balaban J connectivity index is 2.35. The van der Waals surface area contributed by atoms with Crippen molar-refractivity contribution in [3.05, 3.63) is 53.9 Å². The second-order valence-corrected chi connectivity index (χ2v) is 4.62. The van der Waals surface area contributed by atoms with E-state index in [9.17, 15) is 4.39 Å². The van der Waals surface area contributed by atoms with Crippen LogP contribution in [0.25, 0.3) is 0 Å². The highest BCUT2D eigenvalue weighted by molar-refractivity contribution is 5.33. The number of hydrogen-bond acceptors (Lipinski definition) is 5. The Morgan fingerprint density at radius 2 is 2.05 bits per heavy atom. The van der Waals surface area contributed by atoms with E-state index in [2.05, 4.69) is 15.4 Å². The zero-order valence-corrected chi connectivity index (χ0v) is 11.4. The van der Waals surface area contributed by atoms with Gasteiger partial charge in [0.2, 0.25) is 0 Å². The zero-order valence-electron chi connectivity index (χ0n) is 11.4. The molecule has 6 heteroatoms. The third kappa shape index (κ3) is 3.28. The summed E-state index contributed by atoms with van der Waals surface area (Å²) >= 11 is 0. The topological polar surface area (TPSA) is 73.1 Å². The lowest BCUT2D eigenvalue weighted by Crippen LogP contribution is -2.29. The molecule has 0 bridgehead atoms. The second kappa shape index (κ2) is 6.40. The molecule has 2 rings (SSSR count). The van der Waals surface area contributed by atoms with E-state index < -0.39 is 11.9 Å². The van der Waals surface area contributed by atoms with Gasteiger partial charge < -0.3 is 4.74 Å². The van der Waals surface area contributed by atoms with E-state index in [-0.39, 0.29) is 6.10 Å². The van der Waals surface area contributed by atoms with Gasteiger partial charge in [-0.3, -0.25) is 15.8 Å². The van der Waals surface area contributed by atoms with Crippen molar-refractivity contribution in [3.63, 3.8) is 0 Å². The number of nitrogens with zero attached hydrogens (tertiary/aromatic N) is 2. The minimum absolute atomic E-state index is 0.0361. The molecule has 0 saturated carbocycles. The standard InChI is InChI=1S/C14H17FN4O/c1-9(2)20-11-5-10(6-18-7-11)14(19-16)12-3-4-17-8-13(12)15/h3-9,14,19H,16H2,1-2H3. The molecule has 1 atom stereocenters. The van der Waals surface area contributed by atoms with Gasteiger partial charge >= 0.3 is 0 Å². The molecule has 2 aromatic heterocycles. The minimum atomic E-state index is -0.513. The predicted molar refractivity (Wildman–Crippen MR) is 73.4 cm³/mol. The molecule has 3 N–H and O–H groups in total. The monoisotopic (exact) mass is 276 g/mol. The summed E-state index contributed by atoms with van der Waals surface area (Å²) in [5.41, 5.74) is 3.72. The van der Waals surface area contributed by atoms with Crippen LogP contribution in [-0.4, -0.2) is 16.1 Å². The van der Waals surface area contributed by atoms with Gasteiger partial charge in [-0.1, -0.05) is 0 Å². The molecule has 106 valence electrons. The van der Waals surface area contributed by atoms with Crippen molar-refractivity contribution in [3.8, 4) is 5.75 Å². The quantitative estimate of drug-likeness (QED) is 0.645. The Morgan fingerprint density at radius 3 is 2.70 bits per heavy atom. The average Bonchev–Trinajstić information content (AvgIpc) is 2.41. The maximum atomic E-state index is 13.8. The van der Waals surface area contributed by atoms with E-state index in [4.69, 9.17) is 10.6 Å². The highest BCUT2D eigenvalue weighted by Gasteiger charge is 2.17.